The molecule has 0 unspecified atom stereocenters. The number of benzene rings is 2. The summed E-state index contributed by atoms with van der Waals surface area (Å²) in [4.78, 5) is 29.5. The summed E-state index contributed by atoms with van der Waals surface area (Å²) < 4.78 is 13.0. The van der Waals surface area contributed by atoms with E-state index in [9.17, 15) is 9.59 Å². The number of carbonyl (C=O) groups is 2. The molecule has 0 spiro atoms. The molecule has 3 aromatic rings. The number of rotatable bonds is 6. The zero-order chi connectivity index (χ0) is 20.1. The molecule has 1 amide bonds. The van der Waals surface area contributed by atoms with Gasteiger partial charge in [0.1, 0.15) is 12.3 Å². The van der Waals surface area contributed by atoms with E-state index in [1.807, 2.05) is 12.1 Å². The van der Waals surface area contributed by atoms with Crippen LogP contribution >= 0.6 is 11.3 Å². The van der Waals surface area contributed by atoms with Gasteiger partial charge in [0.25, 0.3) is 5.91 Å². The lowest BCUT2D eigenvalue weighted by molar-refractivity contribution is -0.143. The minimum absolute atomic E-state index is 0.00351. The van der Waals surface area contributed by atoms with Crippen LogP contribution < -0.4 is 9.54 Å². The van der Waals surface area contributed by atoms with Gasteiger partial charge in [-0.3, -0.25) is 9.59 Å². The number of nitrogens with zero attached hydrogens (tertiary/aromatic N) is 2. The molecule has 28 heavy (non-hydrogen) atoms. The van der Waals surface area contributed by atoms with Crippen LogP contribution in [0.5, 0.6) is 5.75 Å². The van der Waals surface area contributed by atoms with Gasteiger partial charge in [-0.2, -0.15) is 4.99 Å². The van der Waals surface area contributed by atoms with E-state index in [4.69, 9.17) is 9.47 Å². The first-order chi connectivity index (χ1) is 13.5. The lowest BCUT2D eigenvalue weighted by atomic mass is 10.2. The molecule has 0 fully saturated rings. The fourth-order valence-corrected chi connectivity index (χ4v) is 3.91. The molecule has 0 atom stereocenters. The smallest absolute Gasteiger partial charge is 0.326 e. The molecular weight excluding hydrogens is 376 g/mol. The largest absolute Gasteiger partial charge is 0.497 e. The third-order valence-electron chi connectivity index (χ3n) is 4.26. The van der Waals surface area contributed by atoms with Gasteiger partial charge in [0, 0.05) is 5.56 Å². The third kappa shape index (κ3) is 4.31. The third-order valence-corrected chi connectivity index (χ3v) is 5.30. The van der Waals surface area contributed by atoms with Gasteiger partial charge in [-0.25, -0.2) is 0 Å². The summed E-state index contributed by atoms with van der Waals surface area (Å²) >= 11 is 1.38. The first-order valence-electron chi connectivity index (χ1n) is 9.06. The van der Waals surface area contributed by atoms with Gasteiger partial charge in [-0.1, -0.05) is 30.4 Å². The molecule has 0 aliphatic rings. The molecular formula is C21H22N2O4S. The van der Waals surface area contributed by atoms with Crippen molar-refractivity contribution in [2.24, 2.45) is 4.99 Å². The molecule has 146 valence electrons. The molecule has 0 aliphatic heterocycles. The minimum atomic E-state index is -0.390. The van der Waals surface area contributed by atoms with Crippen LogP contribution in [0.4, 0.5) is 0 Å². The molecule has 1 aromatic heterocycles. The topological polar surface area (TPSA) is 69.9 Å². The second kappa shape index (κ2) is 8.84. The van der Waals surface area contributed by atoms with Gasteiger partial charge in [0.15, 0.2) is 4.80 Å². The summed E-state index contributed by atoms with van der Waals surface area (Å²) in [5.41, 5.74) is 2.46. The second-order valence-electron chi connectivity index (χ2n) is 6.08. The van der Waals surface area contributed by atoms with E-state index in [0.717, 1.165) is 16.6 Å². The van der Waals surface area contributed by atoms with E-state index in [2.05, 4.69) is 18.0 Å². The van der Waals surface area contributed by atoms with Crippen LogP contribution in [0.3, 0.4) is 0 Å². The number of fused-ring (bicyclic) bond motifs is 1. The van der Waals surface area contributed by atoms with Gasteiger partial charge in [-0.05, 0) is 49.2 Å². The number of esters is 1. The molecule has 1 heterocycles. The average Bonchev–Trinajstić information content (AvgIpc) is 3.04. The van der Waals surface area contributed by atoms with Gasteiger partial charge in [-0.15, -0.1) is 0 Å². The van der Waals surface area contributed by atoms with Gasteiger partial charge in [0.05, 0.1) is 23.9 Å². The fourth-order valence-electron chi connectivity index (χ4n) is 2.82. The summed E-state index contributed by atoms with van der Waals surface area (Å²) in [6.45, 7) is 4.15. The summed E-state index contributed by atoms with van der Waals surface area (Å²) in [5, 5.41) is 0. The monoisotopic (exact) mass is 398 g/mol. The van der Waals surface area contributed by atoms with Crippen LogP contribution in [0.2, 0.25) is 0 Å². The SMILES string of the molecule is CCOC(=O)Cn1c(=NC(=O)c2cccc(OC)c2)sc2cc(CC)ccc21. The Morgan fingerprint density at radius 3 is 2.68 bits per heavy atom. The number of ether oxygens (including phenoxy) is 2. The fraction of sp³-hybridized carbons (Fsp3) is 0.286. The Labute approximate surface area is 167 Å². The van der Waals surface area contributed by atoms with Crippen molar-refractivity contribution in [1.82, 2.24) is 4.57 Å². The van der Waals surface area contributed by atoms with Crippen molar-refractivity contribution in [3.8, 4) is 5.75 Å². The summed E-state index contributed by atoms with van der Waals surface area (Å²) in [6.07, 6.45) is 0.904. The minimum Gasteiger partial charge on any atom is -0.497 e. The van der Waals surface area contributed by atoms with Crippen LogP contribution in [-0.2, 0) is 22.5 Å². The first kappa shape index (κ1) is 19.8. The summed E-state index contributed by atoms with van der Waals surface area (Å²) in [7, 11) is 1.55. The van der Waals surface area contributed by atoms with Crippen molar-refractivity contribution in [2.75, 3.05) is 13.7 Å². The molecule has 0 radical (unpaired) electrons. The Bertz CT molecular complexity index is 1080. The lowest BCUT2D eigenvalue weighted by Gasteiger charge is -2.05. The van der Waals surface area contributed by atoms with Crippen molar-refractivity contribution in [3.05, 3.63) is 58.4 Å². The van der Waals surface area contributed by atoms with Crippen LogP contribution in [-0.4, -0.2) is 30.2 Å². The quantitative estimate of drug-likeness (QED) is 0.595. The van der Waals surface area contributed by atoms with Gasteiger partial charge in [0.2, 0.25) is 0 Å². The van der Waals surface area contributed by atoms with Crippen LogP contribution in [0.15, 0.2) is 47.5 Å². The van der Waals surface area contributed by atoms with E-state index >= 15 is 0 Å². The lowest BCUT2D eigenvalue weighted by Crippen LogP contribution is -2.23. The number of hydrogen-bond acceptors (Lipinski definition) is 5. The Kier molecular flexibility index (Phi) is 6.26. The van der Waals surface area contributed by atoms with Crippen LogP contribution in [0.1, 0.15) is 29.8 Å². The highest BCUT2D eigenvalue weighted by atomic mass is 32.1. The van der Waals surface area contributed by atoms with Crippen LogP contribution in [0.25, 0.3) is 10.2 Å². The van der Waals surface area contributed by atoms with E-state index in [0.29, 0.717) is 22.7 Å². The molecule has 0 saturated heterocycles. The Morgan fingerprint density at radius 2 is 1.96 bits per heavy atom. The average molecular weight is 398 g/mol. The highest BCUT2D eigenvalue weighted by molar-refractivity contribution is 7.16. The zero-order valence-corrected chi connectivity index (χ0v) is 16.9. The number of hydrogen-bond donors (Lipinski definition) is 0. The number of amides is 1. The standard InChI is InChI=1S/C21H22N2O4S/c1-4-14-9-10-17-18(11-14)28-21(23(17)13-19(24)27-5-2)22-20(25)15-7-6-8-16(12-15)26-3/h6-12H,4-5,13H2,1-3H3. The maximum Gasteiger partial charge on any atom is 0.326 e. The van der Waals surface area contributed by atoms with Crippen molar-refractivity contribution < 1.29 is 19.1 Å². The number of aromatic nitrogens is 1. The van der Waals surface area contributed by atoms with Crippen molar-refractivity contribution >= 4 is 33.4 Å². The predicted octanol–water partition coefficient (Wildman–Crippen LogP) is 3.58. The number of carbonyl (C=O) groups excluding carboxylic acids is 2. The van der Waals surface area contributed by atoms with Gasteiger partial charge < -0.3 is 14.0 Å². The molecule has 2 aromatic carbocycles. The Morgan fingerprint density at radius 1 is 1.14 bits per heavy atom. The molecule has 7 heteroatoms. The normalized spacial score (nSPS) is 11.6. The summed E-state index contributed by atoms with van der Waals surface area (Å²) in [5.74, 6) is -0.166. The van der Waals surface area contributed by atoms with E-state index in [1.165, 1.54) is 16.9 Å². The number of thiazole rings is 1. The van der Waals surface area contributed by atoms with Crippen LogP contribution in [0, 0.1) is 0 Å². The maximum atomic E-state index is 12.7. The molecule has 6 nitrogen and oxygen atoms in total. The van der Waals surface area contributed by atoms with E-state index in [1.54, 1.807) is 42.9 Å². The highest BCUT2D eigenvalue weighted by Crippen LogP contribution is 2.20. The zero-order valence-electron chi connectivity index (χ0n) is 16.1. The Hall–Kier alpha value is -2.93. The van der Waals surface area contributed by atoms with Crippen molar-refractivity contribution in [3.63, 3.8) is 0 Å². The van der Waals surface area contributed by atoms with Crippen molar-refractivity contribution in [1.29, 1.82) is 0 Å². The van der Waals surface area contributed by atoms with Crippen molar-refractivity contribution in [2.45, 2.75) is 26.8 Å². The Balaban J connectivity index is 2.10. The summed E-state index contributed by atoms with van der Waals surface area (Å²) in [6, 6.07) is 12.9. The highest BCUT2D eigenvalue weighted by Gasteiger charge is 2.13. The maximum absolute atomic E-state index is 12.7. The molecule has 0 aliphatic carbocycles. The van der Waals surface area contributed by atoms with Gasteiger partial charge >= 0.3 is 5.97 Å². The molecule has 0 saturated carbocycles. The molecule has 0 N–H and O–H groups in total. The van der Waals surface area contributed by atoms with E-state index in [-0.39, 0.29) is 12.5 Å². The van der Waals surface area contributed by atoms with E-state index < -0.39 is 5.91 Å². The number of aryl methyl sites for hydroxylation is 1. The first-order valence-corrected chi connectivity index (χ1v) is 9.88. The second-order valence-corrected chi connectivity index (χ2v) is 7.09. The number of methoxy groups -OCH3 is 1. The predicted molar refractivity (Wildman–Crippen MR) is 109 cm³/mol. The molecule has 0 bridgehead atoms. The molecule has 3 rings (SSSR count).